The monoisotopic (exact) mass is 189 g/mol. The molecule has 1 heterocycles. The Morgan fingerprint density at radius 1 is 1.21 bits per heavy atom. The Bertz CT molecular complexity index is 294. The summed E-state index contributed by atoms with van der Waals surface area (Å²) in [5.74, 6) is 0. The summed E-state index contributed by atoms with van der Waals surface area (Å²) >= 11 is 0. The van der Waals surface area contributed by atoms with Crippen molar-refractivity contribution in [3.05, 3.63) is 48.2 Å². The summed E-state index contributed by atoms with van der Waals surface area (Å²) in [4.78, 5) is 5.62. The van der Waals surface area contributed by atoms with Gasteiger partial charge in [0, 0.05) is 12.7 Å². The zero-order valence-electron chi connectivity index (χ0n) is 8.23. The topological polar surface area (TPSA) is 12.5 Å². The van der Waals surface area contributed by atoms with Crippen molar-refractivity contribution in [1.82, 2.24) is 5.06 Å². The van der Waals surface area contributed by atoms with Crippen LogP contribution in [0.3, 0.4) is 0 Å². The van der Waals surface area contributed by atoms with Crippen LogP contribution >= 0.6 is 0 Å². The molecule has 0 fully saturated rings. The molecular weight excluding hydrogens is 174 g/mol. The van der Waals surface area contributed by atoms with E-state index in [0.717, 1.165) is 6.54 Å². The maximum Gasteiger partial charge on any atom is 0.0999 e. The predicted octanol–water partition coefficient (Wildman–Crippen LogP) is 2.73. The Morgan fingerprint density at radius 2 is 2.07 bits per heavy atom. The molecule has 1 aromatic rings. The van der Waals surface area contributed by atoms with Gasteiger partial charge in [-0.1, -0.05) is 36.4 Å². The molecule has 1 aromatic carbocycles. The quantitative estimate of drug-likeness (QED) is 0.725. The van der Waals surface area contributed by atoms with E-state index in [-0.39, 0.29) is 0 Å². The van der Waals surface area contributed by atoms with Crippen LogP contribution in [0.15, 0.2) is 42.6 Å². The highest BCUT2D eigenvalue weighted by molar-refractivity contribution is 5.13. The van der Waals surface area contributed by atoms with Gasteiger partial charge in [0.15, 0.2) is 0 Å². The third-order valence-corrected chi connectivity index (χ3v) is 2.26. The van der Waals surface area contributed by atoms with Gasteiger partial charge >= 0.3 is 0 Å². The van der Waals surface area contributed by atoms with Crippen molar-refractivity contribution in [3.8, 4) is 0 Å². The van der Waals surface area contributed by atoms with Crippen LogP contribution < -0.4 is 0 Å². The summed E-state index contributed by atoms with van der Waals surface area (Å²) in [5.41, 5.74) is 1.21. The zero-order valence-corrected chi connectivity index (χ0v) is 8.23. The SMILES string of the molecule is C1=CN(OCc2ccccc2)CCC1. The molecule has 1 aliphatic heterocycles. The molecule has 2 rings (SSSR count). The third kappa shape index (κ3) is 2.60. The maximum atomic E-state index is 5.62. The van der Waals surface area contributed by atoms with Gasteiger partial charge in [-0.3, -0.25) is 9.90 Å². The second kappa shape index (κ2) is 4.82. The summed E-state index contributed by atoms with van der Waals surface area (Å²) in [5, 5.41) is 1.91. The zero-order chi connectivity index (χ0) is 9.64. The van der Waals surface area contributed by atoms with Gasteiger partial charge in [0.05, 0.1) is 6.61 Å². The molecule has 0 aromatic heterocycles. The molecule has 0 amide bonds. The van der Waals surface area contributed by atoms with Crippen LogP contribution in [0.25, 0.3) is 0 Å². The number of rotatable bonds is 3. The van der Waals surface area contributed by atoms with E-state index in [0.29, 0.717) is 6.61 Å². The van der Waals surface area contributed by atoms with Gasteiger partial charge in [-0.25, -0.2) is 0 Å². The summed E-state index contributed by atoms with van der Waals surface area (Å²) in [6, 6.07) is 10.2. The molecule has 0 bridgehead atoms. The Balaban J connectivity index is 1.82. The van der Waals surface area contributed by atoms with Gasteiger partial charge in [0.25, 0.3) is 0 Å². The molecule has 74 valence electrons. The summed E-state index contributed by atoms with van der Waals surface area (Å²) in [6.07, 6.45) is 6.53. The van der Waals surface area contributed by atoms with E-state index in [9.17, 15) is 0 Å². The number of hydrogen-bond acceptors (Lipinski definition) is 2. The average molecular weight is 189 g/mol. The summed E-state index contributed by atoms with van der Waals surface area (Å²) in [6.45, 7) is 1.66. The van der Waals surface area contributed by atoms with Crippen LogP contribution in [-0.4, -0.2) is 11.6 Å². The van der Waals surface area contributed by atoms with Crippen molar-refractivity contribution < 1.29 is 4.84 Å². The fourth-order valence-electron chi connectivity index (χ4n) is 1.47. The molecule has 0 saturated heterocycles. The van der Waals surface area contributed by atoms with Gasteiger partial charge in [-0.15, -0.1) is 0 Å². The molecular formula is C12H15NO. The molecule has 2 heteroatoms. The van der Waals surface area contributed by atoms with Crippen molar-refractivity contribution >= 4 is 0 Å². The van der Waals surface area contributed by atoms with Crippen molar-refractivity contribution in [1.29, 1.82) is 0 Å². The van der Waals surface area contributed by atoms with E-state index in [1.165, 1.54) is 18.4 Å². The lowest BCUT2D eigenvalue weighted by Crippen LogP contribution is -2.21. The number of benzene rings is 1. The average Bonchev–Trinajstić information content (AvgIpc) is 2.29. The molecule has 0 radical (unpaired) electrons. The van der Waals surface area contributed by atoms with Crippen molar-refractivity contribution in [2.45, 2.75) is 19.4 Å². The minimum Gasteiger partial charge on any atom is -0.269 e. The highest BCUT2D eigenvalue weighted by atomic mass is 16.7. The van der Waals surface area contributed by atoms with Crippen LogP contribution in [0.1, 0.15) is 18.4 Å². The first-order valence-electron chi connectivity index (χ1n) is 5.05. The summed E-state index contributed by atoms with van der Waals surface area (Å²) in [7, 11) is 0. The van der Waals surface area contributed by atoms with Crippen LogP contribution in [0.4, 0.5) is 0 Å². The first-order chi connectivity index (χ1) is 6.95. The number of nitrogens with zero attached hydrogens (tertiary/aromatic N) is 1. The smallest absolute Gasteiger partial charge is 0.0999 e. The van der Waals surface area contributed by atoms with Crippen LogP contribution in [0.5, 0.6) is 0 Å². The fraction of sp³-hybridized carbons (Fsp3) is 0.333. The standard InChI is InChI=1S/C12H15NO/c1-3-7-12(8-4-1)11-14-13-9-5-2-6-10-13/h1,3-5,7-9H,2,6,10-11H2. The van der Waals surface area contributed by atoms with E-state index >= 15 is 0 Å². The van der Waals surface area contributed by atoms with Crippen molar-refractivity contribution in [2.24, 2.45) is 0 Å². The first-order valence-corrected chi connectivity index (χ1v) is 5.05. The molecule has 0 spiro atoms. The molecule has 0 atom stereocenters. The van der Waals surface area contributed by atoms with Crippen LogP contribution in [-0.2, 0) is 11.4 Å². The van der Waals surface area contributed by atoms with E-state index in [1.54, 1.807) is 0 Å². The van der Waals surface area contributed by atoms with Gasteiger partial charge in [0.1, 0.15) is 0 Å². The Morgan fingerprint density at radius 3 is 2.79 bits per heavy atom. The molecule has 1 aliphatic rings. The lowest BCUT2D eigenvalue weighted by atomic mass is 10.2. The Hall–Kier alpha value is -1.28. The highest BCUT2D eigenvalue weighted by Gasteiger charge is 2.03. The Labute approximate surface area is 84.8 Å². The highest BCUT2D eigenvalue weighted by Crippen LogP contribution is 2.08. The lowest BCUT2D eigenvalue weighted by molar-refractivity contribution is -0.134. The van der Waals surface area contributed by atoms with Crippen LogP contribution in [0, 0.1) is 0 Å². The lowest BCUT2D eigenvalue weighted by Gasteiger charge is -2.22. The molecule has 14 heavy (non-hydrogen) atoms. The molecule has 0 N–H and O–H groups in total. The Kier molecular flexibility index (Phi) is 3.19. The van der Waals surface area contributed by atoms with E-state index in [1.807, 2.05) is 29.5 Å². The van der Waals surface area contributed by atoms with E-state index in [4.69, 9.17) is 4.84 Å². The molecule has 0 aliphatic carbocycles. The minimum absolute atomic E-state index is 0.658. The van der Waals surface area contributed by atoms with Gasteiger partial charge in [0.2, 0.25) is 0 Å². The van der Waals surface area contributed by atoms with Crippen LogP contribution in [0.2, 0.25) is 0 Å². The summed E-state index contributed by atoms with van der Waals surface area (Å²) < 4.78 is 0. The van der Waals surface area contributed by atoms with E-state index in [2.05, 4.69) is 18.2 Å². The largest absolute Gasteiger partial charge is 0.269 e. The molecule has 2 nitrogen and oxygen atoms in total. The number of hydrogen-bond donors (Lipinski definition) is 0. The van der Waals surface area contributed by atoms with Crippen molar-refractivity contribution in [2.75, 3.05) is 6.54 Å². The second-order valence-electron chi connectivity index (χ2n) is 3.43. The molecule has 0 saturated carbocycles. The van der Waals surface area contributed by atoms with Crippen molar-refractivity contribution in [3.63, 3.8) is 0 Å². The predicted molar refractivity (Wildman–Crippen MR) is 56.3 cm³/mol. The fourth-order valence-corrected chi connectivity index (χ4v) is 1.47. The van der Waals surface area contributed by atoms with Gasteiger partial charge < -0.3 is 0 Å². The van der Waals surface area contributed by atoms with E-state index < -0.39 is 0 Å². The maximum absolute atomic E-state index is 5.62. The molecule has 0 unspecified atom stereocenters. The minimum atomic E-state index is 0.658. The number of allylic oxidation sites excluding steroid dienone is 1. The first kappa shape index (κ1) is 9.28. The normalized spacial score (nSPS) is 15.9. The second-order valence-corrected chi connectivity index (χ2v) is 3.43. The van der Waals surface area contributed by atoms with Gasteiger partial charge in [-0.05, 0) is 18.4 Å². The van der Waals surface area contributed by atoms with Gasteiger partial charge in [-0.2, -0.15) is 0 Å². The third-order valence-electron chi connectivity index (χ3n) is 2.26. The number of hydroxylamine groups is 2.